The van der Waals surface area contributed by atoms with Crippen LogP contribution in [0.5, 0.6) is 0 Å². The summed E-state index contributed by atoms with van der Waals surface area (Å²) in [4.78, 5) is 15.0. The molecule has 24 heavy (non-hydrogen) atoms. The predicted octanol–water partition coefficient (Wildman–Crippen LogP) is 3.85. The number of rotatable bonds is 6. The van der Waals surface area contributed by atoms with E-state index in [4.69, 9.17) is 4.74 Å². The summed E-state index contributed by atoms with van der Waals surface area (Å²) in [6, 6.07) is 7.96. The van der Waals surface area contributed by atoms with Gasteiger partial charge in [0.2, 0.25) is 0 Å². The van der Waals surface area contributed by atoms with E-state index in [1.807, 2.05) is 42.1 Å². The van der Waals surface area contributed by atoms with Crippen molar-refractivity contribution >= 4 is 16.9 Å². The summed E-state index contributed by atoms with van der Waals surface area (Å²) in [5.41, 5.74) is 1.74. The van der Waals surface area contributed by atoms with Gasteiger partial charge in [-0.15, -0.1) is 0 Å². The fraction of sp³-hybridized carbons (Fsp3) is 0.550. The van der Waals surface area contributed by atoms with Crippen LogP contribution >= 0.6 is 0 Å². The number of aryl methyl sites for hydroxylation is 1. The van der Waals surface area contributed by atoms with Crippen molar-refractivity contribution in [1.82, 2.24) is 9.47 Å². The summed E-state index contributed by atoms with van der Waals surface area (Å²) in [5.74, 6) is 0.307. The van der Waals surface area contributed by atoms with E-state index < -0.39 is 0 Å². The topological polar surface area (TPSA) is 34.5 Å². The fourth-order valence-corrected chi connectivity index (χ4v) is 3.53. The number of hydrogen-bond donors (Lipinski definition) is 0. The number of aromatic nitrogens is 1. The predicted molar refractivity (Wildman–Crippen MR) is 97.3 cm³/mol. The number of fused-ring (bicyclic) bond motifs is 1. The van der Waals surface area contributed by atoms with Crippen LogP contribution in [0.3, 0.4) is 0 Å². The van der Waals surface area contributed by atoms with Gasteiger partial charge in [-0.2, -0.15) is 0 Å². The summed E-state index contributed by atoms with van der Waals surface area (Å²) < 4.78 is 7.62. The standard InChI is InChI=1S/C20H28N2O2/c1-3-4-11-22-12-9-16(10-13-22)15-24-20(23)18-14-21(2)19-8-6-5-7-17(18)19/h5-8,14,16H,3-4,9-13,15H2,1-2H3. The van der Waals surface area contributed by atoms with Gasteiger partial charge in [-0.05, 0) is 50.9 Å². The first-order valence-electron chi connectivity index (χ1n) is 9.12. The number of carbonyl (C=O) groups excluding carboxylic acids is 1. The molecule has 3 rings (SSSR count). The second kappa shape index (κ2) is 7.84. The Labute approximate surface area is 144 Å². The van der Waals surface area contributed by atoms with Crippen molar-refractivity contribution in [2.24, 2.45) is 13.0 Å². The summed E-state index contributed by atoms with van der Waals surface area (Å²) in [6.45, 7) is 6.26. The van der Waals surface area contributed by atoms with Gasteiger partial charge in [0.05, 0.1) is 12.2 Å². The molecular formula is C20H28N2O2. The zero-order valence-electron chi connectivity index (χ0n) is 14.8. The van der Waals surface area contributed by atoms with Crippen molar-refractivity contribution < 1.29 is 9.53 Å². The minimum atomic E-state index is -0.194. The number of hydrogen-bond acceptors (Lipinski definition) is 3. The second-order valence-corrected chi connectivity index (χ2v) is 6.91. The monoisotopic (exact) mass is 328 g/mol. The molecule has 0 amide bonds. The van der Waals surface area contributed by atoms with E-state index in [9.17, 15) is 4.79 Å². The Morgan fingerprint density at radius 3 is 2.75 bits per heavy atom. The van der Waals surface area contributed by atoms with Crippen LogP contribution in [0.2, 0.25) is 0 Å². The third-order valence-electron chi connectivity index (χ3n) is 5.10. The van der Waals surface area contributed by atoms with Crippen molar-refractivity contribution in [2.75, 3.05) is 26.2 Å². The average Bonchev–Trinajstić information content (AvgIpc) is 2.96. The number of nitrogens with zero attached hydrogens (tertiary/aromatic N) is 2. The molecule has 0 N–H and O–H groups in total. The van der Waals surface area contributed by atoms with E-state index in [1.54, 1.807) is 0 Å². The molecule has 1 aromatic carbocycles. The number of likely N-dealkylation sites (tertiary alicyclic amines) is 1. The van der Waals surface area contributed by atoms with Gasteiger partial charge < -0.3 is 14.2 Å². The van der Waals surface area contributed by atoms with E-state index in [-0.39, 0.29) is 5.97 Å². The first-order chi connectivity index (χ1) is 11.7. The van der Waals surface area contributed by atoms with Crippen LogP contribution in [0.4, 0.5) is 0 Å². The van der Waals surface area contributed by atoms with Crippen molar-refractivity contribution in [2.45, 2.75) is 32.6 Å². The molecule has 0 unspecified atom stereocenters. The van der Waals surface area contributed by atoms with Crippen LogP contribution in [0.1, 0.15) is 43.0 Å². The average molecular weight is 328 g/mol. The Kier molecular flexibility index (Phi) is 5.56. The van der Waals surface area contributed by atoms with Crippen LogP contribution in [-0.2, 0) is 11.8 Å². The number of benzene rings is 1. The molecule has 1 aromatic heterocycles. The van der Waals surface area contributed by atoms with Crippen molar-refractivity contribution in [3.63, 3.8) is 0 Å². The quantitative estimate of drug-likeness (QED) is 0.756. The number of piperidine rings is 1. The zero-order chi connectivity index (χ0) is 16.9. The van der Waals surface area contributed by atoms with Crippen LogP contribution in [0.15, 0.2) is 30.5 Å². The molecule has 0 bridgehead atoms. The van der Waals surface area contributed by atoms with Gasteiger partial charge in [0.25, 0.3) is 0 Å². The van der Waals surface area contributed by atoms with Gasteiger partial charge in [-0.25, -0.2) is 4.79 Å². The highest BCUT2D eigenvalue weighted by Crippen LogP contribution is 2.22. The highest BCUT2D eigenvalue weighted by molar-refractivity contribution is 6.04. The first-order valence-corrected chi connectivity index (χ1v) is 9.12. The van der Waals surface area contributed by atoms with Gasteiger partial charge in [-0.3, -0.25) is 0 Å². The molecule has 4 heteroatoms. The van der Waals surface area contributed by atoms with Gasteiger partial charge in [0, 0.05) is 24.1 Å². The lowest BCUT2D eigenvalue weighted by atomic mass is 9.97. The molecule has 1 fully saturated rings. The largest absolute Gasteiger partial charge is 0.462 e. The third-order valence-corrected chi connectivity index (χ3v) is 5.10. The van der Waals surface area contributed by atoms with Crippen LogP contribution < -0.4 is 0 Å². The maximum absolute atomic E-state index is 12.5. The molecule has 0 radical (unpaired) electrons. The number of carbonyl (C=O) groups is 1. The maximum atomic E-state index is 12.5. The minimum absolute atomic E-state index is 0.194. The van der Waals surface area contributed by atoms with E-state index >= 15 is 0 Å². The smallest absolute Gasteiger partial charge is 0.340 e. The molecule has 1 aliphatic rings. The minimum Gasteiger partial charge on any atom is -0.462 e. The number of ether oxygens (including phenoxy) is 1. The highest BCUT2D eigenvalue weighted by atomic mass is 16.5. The third kappa shape index (κ3) is 3.81. The zero-order valence-corrected chi connectivity index (χ0v) is 14.8. The van der Waals surface area contributed by atoms with Crippen LogP contribution in [0, 0.1) is 5.92 Å². The van der Waals surface area contributed by atoms with E-state index in [1.165, 1.54) is 19.4 Å². The molecule has 4 nitrogen and oxygen atoms in total. The Hall–Kier alpha value is -1.81. The van der Waals surface area contributed by atoms with Crippen LogP contribution in [0.25, 0.3) is 10.9 Å². The normalized spacial score (nSPS) is 16.6. The number of para-hydroxylation sites is 1. The molecular weight excluding hydrogens is 300 g/mol. The maximum Gasteiger partial charge on any atom is 0.340 e. The molecule has 1 saturated heterocycles. The van der Waals surface area contributed by atoms with Gasteiger partial charge in [0.15, 0.2) is 0 Å². The lowest BCUT2D eigenvalue weighted by Gasteiger charge is -2.31. The van der Waals surface area contributed by atoms with Gasteiger partial charge in [0.1, 0.15) is 0 Å². The van der Waals surface area contributed by atoms with Crippen molar-refractivity contribution in [1.29, 1.82) is 0 Å². The molecule has 2 heterocycles. The Morgan fingerprint density at radius 1 is 1.25 bits per heavy atom. The van der Waals surface area contributed by atoms with E-state index in [0.29, 0.717) is 18.1 Å². The molecule has 0 atom stereocenters. The number of esters is 1. The molecule has 2 aromatic rings. The second-order valence-electron chi connectivity index (χ2n) is 6.91. The molecule has 0 saturated carbocycles. The SMILES string of the molecule is CCCCN1CCC(COC(=O)c2cn(C)c3ccccc23)CC1. The molecule has 130 valence electrons. The Bertz CT molecular complexity index is 684. The van der Waals surface area contributed by atoms with Gasteiger partial charge >= 0.3 is 5.97 Å². The first kappa shape index (κ1) is 17.0. The summed E-state index contributed by atoms with van der Waals surface area (Å²) in [5, 5.41) is 0.972. The number of unbranched alkanes of at least 4 members (excludes halogenated alkanes) is 1. The Morgan fingerprint density at radius 2 is 2.00 bits per heavy atom. The molecule has 0 spiro atoms. The summed E-state index contributed by atoms with van der Waals surface area (Å²) >= 11 is 0. The fourth-order valence-electron chi connectivity index (χ4n) is 3.53. The van der Waals surface area contributed by atoms with E-state index in [0.717, 1.165) is 36.8 Å². The molecule has 0 aliphatic carbocycles. The highest BCUT2D eigenvalue weighted by Gasteiger charge is 2.21. The van der Waals surface area contributed by atoms with Crippen molar-refractivity contribution in [3.05, 3.63) is 36.0 Å². The van der Waals surface area contributed by atoms with Gasteiger partial charge in [-0.1, -0.05) is 31.5 Å². The Balaban J connectivity index is 1.53. The van der Waals surface area contributed by atoms with E-state index in [2.05, 4.69) is 11.8 Å². The lowest BCUT2D eigenvalue weighted by molar-refractivity contribution is 0.0374. The summed E-state index contributed by atoms with van der Waals surface area (Å²) in [7, 11) is 1.96. The summed E-state index contributed by atoms with van der Waals surface area (Å²) in [6.07, 6.45) is 6.67. The van der Waals surface area contributed by atoms with Crippen molar-refractivity contribution in [3.8, 4) is 0 Å². The molecule has 1 aliphatic heterocycles. The lowest BCUT2D eigenvalue weighted by Crippen LogP contribution is -2.36. The van der Waals surface area contributed by atoms with Crippen LogP contribution in [-0.4, -0.2) is 41.7 Å².